The van der Waals surface area contributed by atoms with E-state index in [4.69, 9.17) is 4.74 Å². The number of nitrogens with zero attached hydrogens (tertiary/aromatic N) is 2. The summed E-state index contributed by atoms with van der Waals surface area (Å²) in [4.78, 5) is 8.22. The predicted octanol–water partition coefficient (Wildman–Crippen LogP) is 3.11. The first-order valence-electron chi connectivity index (χ1n) is 8.13. The molecule has 0 aliphatic carbocycles. The fourth-order valence-electron chi connectivity index (χ4n) is 3.10. The topological polar surface area (TPSA) is 80.7 Å². The molecule has 0 saturated carbocycles. The molecular formula is C18H20FN3O3S. The van der Waals surface area contributed by atoms with Crippen molar-refractivity contribution in [3.8, 4) is 0 Å². The summed E-state index contributed by atoms with van der Waals surface area (Å²) in [5.41, 5.74) is -0.206. The Morgan fingerprint density at radius 1 is 1.27 bits per heavy atom. The Kier molecular flexibility index (Phi) is 4.70. The average molecular weight is 377 g/mol. The minimum atomic E-state index is -3.81. The molecule has 1 N–H and O–H groups in total. The van der Waals surface area contributed by atoms with Crippen LogP contribution in [0.2, 0.25) is 0 Å². The third-order valence-electron chi connectivity index (χ3n) is 4.18. The van der Waals surface area contributed by atoms with Crippen molar-refractivity contribution in [1.29, 1.82) is 0 Å². The van der Waals surface area contributed by atoms with Crippen LogP contribution in [0.15, 0.2) is 53.8 Å². The van der Waals surface area contributed by atoms with Gasteiger partial charge in [0, 0.05) is 18.0 Å². The lowest BCUT2D eigenvalue weighted by Crippen LogP contribution is -2.53. The van der Waals surface area contributed by atoms with Crippen molar-refractivity contribution < 1.29 is 17.5 Å². The molecule has 1 fully saturated rings. The summed E-state index contributed by atoms with van der Waals surface area (Å²) in [7, 11) is -3.81. The first-order valence-corrected chi connectivity index (χ1v) is 9.68. The molecular weight excluding hydrogens is 357 g/mol. The summed E-state index contributed by atoms with van der Waals surface area (Å²) in [6.07, 6.45) is 3.07. The number of benzene rings is 1. The van der Waals surface area contributed by atoms with Crippen LogP contribution >= 0.6 is 0 Å². The van der Waals surface area contributed by atoms with Crippen LogP contribution in [0.3, 0.4) is 0 Å². The van der Waals surface area contributed by atoms with Gasteiger partial charge in [0.2, 0.25) is 10.0 Å². The van der Waals surface area contributed by atoms with E-state index < -0.39 is 32.7 Å². The molecule has 2 atom stereocenters. The van der Waals surface area contributed by atoms with E-state index in [0.717, 1.165) is 0 Å². The lowest BCUT2D eigenvalue weighted by atomic mass is 9.99. The molecule has 0 spiro atoms. The Morgan fingerprint density at radius 2 is 2.00 bits per heavy atom. The van der Waals surface area contributed by atoms with Gasteiger partial charge >= 0.3 is 0 Å². The quantitative estimate of drug-likeness (QED) is 0.891. The van der Waals surface area contributed by atoms with Gasteiger partial charge in [-0.2, -0.15) is 0 Å². The van der Waals surface area contributed by atoms with Crippen molar-refractivity contribution in [3.63, 3.8) is 0 Å². The van der Waals surface area contributed by atoms with Gasteiger partial charge in [-0.15, -0.1) is 0 Å². The zero-order valence-electron chi connectivity index (χ0n) is 14.7. The smallest absolute Gasteiger partial charge is 0.299 e. The van der Waals surface area contributed by atoms with Gasteiger partial charge in [-0.05, 0) is 38.5 Å². The molecule has 1 unspecified atom stereocenters. The maximum atomic E-state index is 13.9. The number of hydrogen-bond acceptors (Lipinski definition) is 5. The maximum Gasteiger partial charge on any atom is 0.299 e. The summed E-state index contributed by atoms with van der Waals surface area (Å²) < 4.78 is 47.7. The highest BCUT2D eigenvalue weighted by Gasteiger charge is 2.48. The Labute approximate surface area is 152 Å². The van der Waals surface area contributed by atoms with E-state index in [-0.39, 0.29) is 6.02 Å². The van der Waals surface area contributed by atoms with Crippen molar-refractivity contribution in [1.82, 2.24) is 9.71 Å². The van der Waals surface area contributed by atoms with Gasteiger partial charge in [-0.25, -0.2) is 22.5 Å². The molecule has 1 aliphatic rings. The maximum absolute atomic E-state index is 13.9. The Bertz CT molecular complexity index is 930. The van der Waals surface area contributed by atoms with Gasteiger partial charge in [0.25, 0.3) is 6.02 Å². The zero-order valence-corrected chi connectivity index (χ0v) is 15.5. The third-order valence-corrected chi connectivity index (χ3v) is 6.10. The summed E-state index contributed by atoms with van der Waals surface area (Å²) >= 11 is 0. The minimum absolute atomic E-state index is 0.147. The van der Waals surface area contributed by atoms with Gasteiger partial charge in [-0.1, -0.05) is 24.3 Å². The number of halogens is 1. The van der Waals surface area contributed by atoms with E-state index >= 15 is 0 Å². The van der Waals surface area contributed by atoms with E-state index in [2.05, 4.69) is 14.7 Å². The number of aromatic nitrogens is 1. The van der Waals surface area contributed by atoms with E-state index in [1.54, 1.807) is 57.3 Å². The van der Waals surface area contributed by atoms with Crippen LogP contribution in [0, 0.1) is 5.82 Å². The van der Waals surface area contributed by atoms with Gasteiger partial charge in [0.15, 0.2) is 0 Å². The molecule has 0 bridgehead atoms. The Hall–Kier alpha value is -2.48. The number of nitrogens with one attached hydrogen (secondary N) is 1. The number of aliphatic imine (C=N–C) groups is 1. The number of rotatable bonds is 3. The molecule has 0 amide bonds. The highest BCUT2D eigenvalue weighted by molar-refractivity contribution is 7.90. The zero-order chi connectivity index (χ0) is 18.9. The highest BCUT2D eigenvalue weighted by atomic mass is 32.2. The lowest BCUT2D eigenvalue weighted by Gasteiger charge is -2.39. The second kappa shape index (κ2) is 6.68. The summed E-state index contributed by atoms with van der Waals surface area (Å²) in [5, 5.41) is -0.952. The standard InChI is InChI=1S/C18H20FN3O3S/c1-12(14-8-4-5-9-15(14)19)21-17-22-26(23,24)16(18(2,3)25-17)13-7-6-10-20-11-13/h4-12,16H,1-3H3,(H,21,22)/t12-,16?/m0/s1. The van der Waals surface area contributed by atoms with Gasteiger partial charge in [-0.3, -0.25) is 4.98 Å². The van der Waals surface area contributed by atoms with Gasteiger partial charge < -0.3 is 4.74 Å². The summed E-state index contributed by atoms with van der Waals surface area (Å²) in [6.45, 7) is 5.02. The van der Waals surface area contributed by atoms with Gasteiger partial charge in [0.05, 0.1) is 6.04 Å². The van der Waals surface area contributed by atoms with E-state index in [1.807, 2.05) is 0 Å². The molecule has 1 aromatic heterocycles. The minimum Gasteiger partial charge on any atom is -0.457 e. The number of hydrogen-bond donors (Lipinski definition) is 1. The molecule has 138 valence electrons. The second-order valence-corrected chi connectivity index (χ2v) is 8.42. The van der Waals surface area contributed by atoms with Crippen molar-refractivity contribution in [2.24, 2.45) is 4.99 Å². The van der Waals surface area contributed by atoms with E-state index in [0.29, 0.717) is 11.1 Å². The first kappa shape index (κ1) is 18.3. The van der Waals surface area contributed by atoms with E-state index in [1.165, 1.54) is 12.3 Å². The number of sulfonamides is 1. The SMILES string of the molecule is C[C@H](N=C1NS(=O)(=O)C(c2cccnc2)C(C)(C)O1)c1ccccc1F. The first-order chi connectivity index (χ1) is 12.2. The largest absolute Gasteiger partial charge is 0.457 e. The predicted molar refractivity (Wildman–Crippen MR) is 96.4 cm³/mol. The van der Waals surface area contributed by atoms with E-state index in [9.17, 15) is 12.8 Å². The average Bonchev–Trinajstić information content (AvgIpc) is 2.53. The molecule has 3 rings (SSSR count). The molecule has 1 saturated heterocycles. The normalized spacial score (nSPS) is 23.7. The molecule has 2 heterocycles. The summed E-state index contributed by atoms with van der Waals surface area (Å²) in [6, 6.07) is 8.82. The molecule has 6 nitrogen and oxygen atoms in total. The van der Waals surface area contributed by atoms with Crippen LogP contribution in [0.5, 0.6) is 0 Å². The lowest BCUT2D eigenvalue weighted by molar-refractivity contribution is 0.0760. The van der Waals surface area contributed by atoms with Gasteiger partial charge in [0.1, 0.15) is 16.7 Å². The second-order valence-electron chi connectivity index (χ2n) is 6.65. The Balaban J connectivity index is 1.94. The fraction of sp³-hybridized carbons (Fsp3) is 0.333. The molecule has 8 heteroatoms. The highest BCUT2D eigenvalue weighted by Crippen LogP contribution is 2.38. The van der Waals surface area contributed by atoms with Crippen LogP contribution in [0.4, 0.5) is 4.39 Å². The number of amidine groups is 1. The van der Waals surface area contributed by atoms with Crippen LogP contribution in [0.25, 0.3) is 0 Å². The monoisotopic (exact) mass is 377 g/mol. The molecule has 26 heavy (non-hydrogen) atoms. The van der Waals surface area contributed by atoms with Crippen LogP contribution < -0.4 is 4.72 Å². The van der Waals surface area contributed by atoms with Crippen molar-refractivity contribution in [2.45, 2.75) is 37.7 Å². The van der Waals surface area contributed by atoms with Crippen LogP contribution in [0.1, 0.15) is 43.2 Å². The molecule has 1 aromatic carbocycles. The third kappa shape index (κ3) is 3.55. The molecule has 2 aromatic rings. The fourth-order valence-corrected chi connectivity index (χ4v) is 4.85. The Morgan fingerprint density at radius 3 is 2.62 bits per heavy atom. The summed E-state index contributed by atoms with van der Waals surface area (Å²) in [5.74, 6) is -0.407. The van der Waals surface area contributed by atoms with Crippen LogP contribution in [-0.4, -0.2) is 25.0 Å². The van der Waals surface area contributed by atoms with Crippen molar-refractivity contribution >= 4 is 16.0 Å². The van der Waals surface area contributed by atoms with Crippen molar-refractivity contribution in [3.05, 3.63) is 65.7 Å². The molecule has 1 aliphatic heterocycles. The number of ether oxygens (including phenoxy) is 1. The van der Waals surface area contributed by atoms with Crippen molar-refractivity contribution in [2.75, 3.05) is 0 Å². The number of pyridine rings is 1. The van der Waals surface area contributed by atoms with Crippen LogP contribution in [-0.2, 0) is 14.8 Å². The molecule has 0 radical (unpaired) electrons.